The van der Waals surface area contributed by atoms with Gasteiger partial charge in [0.15, 0.2) is 11.5 Å². The lowest BCUT2D eigenvalue weighted by molar-refractivity contribution is -0.111. The average molecular weight is 528 g/mol. The van der Waals surface area contributed by atoms with Crippen molar-refractivity contribution < 1.29 is 18.7 Å². The molecule has 0 saturated carbocycles. The Hall–Kier alpha value is -4.50. The minimum absolute atomic E-state index is 0.239. The number of hydrogen-bond acceptors (Lipinski definition) is 7. The van der Waals surface area contributed by atoms with Crippen LogP contribution < -0.4 is 20.1 Å². The molecule has 1 aromatic heterocycles. The Kier molecular flexibility index (Phi) is 7.69. The van der Waals surface area contributed by atoms with Gasteiger partial charge in [-0.25, -0.2) is 14.4 Å². The summed E-state index contributed by atoms with van der Waals surface area (Å²) >= 11 is 0. The van der Waals surface area contributed by atoms with Crippen LogP contribution in [0.1, 0.15) is 12.8 Å². The molecule has 2 heterocycles. The van der Waals surface area contributed by atoms with E-state index in [9.17, 15) is 9.18 Å². The Morgan fingerprint density at radius 3 is 2.62 bits per heavy atom. The quantitative estimate of drug-likeness (QED) is 0.281. The molecule has 200 valence electrons. The van der Waals surface area contributed by atoms with Crippen molar-refractivity contribution in [3.8, 4) is 22.6 Å². The molecule has 3 aromatic carbocycles. The molecule has 0 unspecified atom stereocenters. The maximum Gasteiger partial charge on any atom is 0.248 e. The number of nitrogens with zero attached hydrogens (tertiary/aromatic N) is 3. The molecule has 0 radical (unpaired) electrons. The summed E-state index contributed by atoms with van der Waals surface area (Å²) in [6.45, 7) is 1.02. The monoisotopic (exact) mass is 527 g/mol. The number of fused-ring (bicyclic) bond motifs is 1. The van der Waals surface area contributed by atoms with Crippen molar-refractivity contribution in [1.82, 2.24) is 14.9 Å². The molecule has 1 aliphatic heterocycles. The van der Waals surface area contributed by atoms with Crippen molar-refractivity contribution in [3.05, 3.63) is 78.9 Å². The van der Waals surface area contributed by atoms with Crippen molar-refractivity contribution in [1.29, 1.82) is 0 Å². The van der Waals surface area contributed by atoms with Crippen LogP contribution in [0, 0.1) is 5.82 Å². The molecular weight excluding hydrogens is 497 g/mol. The number of carbonyl (C=O) groups is 1. The first kappa shape index (κ1) is 26.1. The van der Waals surface area contributed by atoms with Gasteiger partial charge in [0, 0.05) is 23.4 Å². The summed E-state index contributed by atoms with van der Waals surface area (Å²) in [4.78, 5) is 24.2. The number of likely N-dealkylation sites (tertiary alicyclic amines) is 1. The topological polar surface area (TPSA) is 88.6 Å². The normalized spacial score (nSPS) is 15.5. The maximum absolute atomic E-state index is 14.6. The summed E-state index contributed by atoms with van der Waals surface area (Å²) in [6.07, 6.45) is 7.07. The molecule has 0 spiro atoms. The molecular formula is C30H30FN5O3. The largest absolute Gasteiger partial charge is 0.493 e. The zero-order chi connectivity index (χ0) is 27.4. The smallest absolute Gasteiger partial charge is 0.248 e. The van der Waals surface area contributed by atoms with E-state index in [0.717, 1.165) is 24.9 Å². The van der Waals surface area contributed by atoms with E-state index in [0.29, 0.717) is 39.5 Å². The number of aromatic nitrogens is 2. The van der Waals surface area contributed by atoms with E-state index in [-0.39, 0.29) is 17.6 Å². The second kappa shape index (κ2) is 11.5. The van der Waals surface area contributed by atoms with Gasteiger partial charge in [-0.05, 0) is 68.4 Å². The molecule has 2 N–H and O–H groups in total. The van der Waals surface area contributed by atoms with Crippen LogP contribution in [-0.2, 0) is 4.79 Å². The molecule has 1 aliphatic rings. The van der Waals surface area contributed by atoms with E-state index in [1.165, 1.54) is 12.4 Å². The Bertz CT molecular complexity index is 1540. The molecule has 9 heteroatoms. The molecule has 0 bridgehead atoms. The number of methoxy groups -OCH3 is 2. The van der Waals surface area contributed by atoms with Crippen LogP contribution >= 0.6 is 0 Å². The highest BCUT2D eigenvalue weighted by atomic mass is 19.1. The van der Waals surface area contributed by atoms with Crippen molar-refractivity contribution in [2.24, 2.45) is 0 Å². The Labute approximate surface area is 226 Å². The van der Waals surface area contributed by atoms with Crippen molar-refractivity contribution in [3.63, 3.8) is 0 Å². The number of hydrogen-bond donors (Lipinski definition) is 2. The molecule has 1 saturated heterocycles. The van der Waals surface area contributed by atoms with Gasteiger partial charge in [0.25, 0.3) is 0 Å². The van der Waals surface area contributed by atoms with Gasteiger partial charge in [0.2, 0.25) is 5.91 Å². The Morgan fingerprint density at radius 1 is 1.05 bits per heavy atom. The van der Waals surface area contributed by atoms with Crippen LogP contribution in [0.15, 0.2) is 73.1 Å². The Balaban J connectivity index is 1.64. The number of amides is 1. The number of carbonyl (C=O) groups excluding carboxylic acids is 1. The van der Waals surface area contributed by atoms with E-state index in [1.807, 2.05) is 24.3 Å². The molecule has 5 rings (SSSR count). The summed E-state index contributed by atoms with van der Waals surface area (Å²) in [6, 6.07) is 15.7. The number of ether oxygens (including phenoxy) is 2. The van der Waals surface area contributed by atoms with Crippen LogP contribution in [0.2, 0.25) is 0 Å². The van der Waals surface area contributed by atoms with Crippen LogP contribution in [0.5, 0.6) is 11.5 Å². The second-order valence-electron chi connectivity index (χ2n) is 9.32. The van der Waals surface area contributed by atoms with E-state index in [1.54, 1.807) is 50.6 Å². The molecule has 39 heavy (non-hydrogen) atoms. The first-order valence-corrected chi connectivity index (χ1v) is 12.7. The lowest BCUT2D eigenvalue weighted by Crippen LogP contribution is -2.23. The lowest BCUT2D eigenvalue weighted by atomic mass is 9.97. The van der Waals surface area contributed by atoms with Crippen LogP contribution in [0.3, 0.4) is 0 Å². The van der Waals surface area contributed by atoms with Crippen LogP contribution in [0.4, 0.5) is 21.6 Å². The van der Waals surface area contributed by atoms with Gasteiger partial charge >= 0.3 is 0 Å². The highest BCUT2D eigenvalue weighted by Crippen LogP contribution is 2.42. The number of likely N-dealkylation sites (N-methyl/N-ethyl adjacent to an activating group) is 1. The van der Waals surface area contributed by atoms with E-state index in [4.69, 9.17) is 9.47 Å². The zero-order valence-corrected chi connectivity index (χ0v) is 22.1. The van der Waals surface area contributed by atoms with Gasteiger partial charge in [-0.2, -0.15) is 0 Å². The standard InChI is InChI=1S/C30H30FN5O3/c1-36-16-6-7-20(36)11-15-27(37)34-24-13-12-23-29(28(24)19-10-14-25(38-2)26(17-19)39-3)30(33-18-32-23)35-22-9-5-4-8-21(22)31/h4-5,8-15,17-18,20H,6-7,16H2,1-3H3,(H,34,37)(H,32,33,35)/b15-11+/t20-/m1/s1. The zero-order valence-electron chi connectivity index (χ0n) is 22.1. The fourth-order valence-electron chi connectivity index (χ4n) is 4.89. The van der Waals surface area contributed by atoms with Gasteiger partial charge in [-0.15, -0.1) is 0 Å². The van der Waals surface area contributed by atoms with Crippen LogP contribution in [-0.4, -0.2) is 54.6 Å². The lowest BCUT2D eigenvalue weighted by Gasteiger charge is -2.18. The highest BCUT2D eigenvalue weighted by molar-refractivity contribution is 6.11. The van der Waals surface area contributed by atoms with Crippen molar-refractivity contribution >= 4 is 34.0 Å². The number of rotatable bonds is 8. The predicted molar refractivity (Wildman–Crippen MR) is 151 cm³/mol. The van der Waals surface area contributed by atoms with E-state index in [2.05, 4.69) is 32.5 Å². The molecule has 0 aliphatic carbocycles. The fourth-order valence-corrected chi connectivity index (χ4v) is 4.89. The summed E-state index contributed by atoms with van der Waals surface area (Å²) in [5.74, 6) is 0.819. The minimum Gasteiger partial charge on any atom is -0.493 e. The minimum atomic E-state index is -0.414. The molecule has 1 atom stereocenters. The highest BCUT2D eigenvalue weighted by Gasteiger charge is 2.20. The first-order chi connectivity index (χ1) is 19.0. The van der Waals surface area contributed by atoms with Crippen LogP contribution in [0.25, 0.3) is 22.0 Å². The van der Waals surface area contributed by atoms with E-state index >= 15 is 0 Å². The van der Waals surface area contributed by atoms with Gasteiger partial charge < -0.3 is 20.1 Å². The molecule has 4 aromatic rings. The number of benzene rings is 3. The second-order valence-corrected chi connectivity index (χ2v) is 9.32. The predicted octanol–water partition coefficient (Wildman–Crippen LogP) is 5.79. The third-order valence-corrected chi connectivity index (χ3v) is 6.91. The third-order valence-electron chi connectivity index (χ3n) is 6.91. The maximum atomic E-state index is 14.6. The number of para-hydroxylation sites is 1. The number of anilines is 3. The van der Waals surface area contributed by atoms with Gasteiger partial charge in [0.1, 0.15) is 18.0 Å². The van der Waals surface area contributed by atoms with Gasteiger partial charge in [-0.1, -0.05) is 24.3 Å². The first-order valence-electron chi connectivity index (χ1n) is 12.7. The molecule has 1 amide bonds. The molecule has 1 fully saturated rings. The SMILES string of the molecule is COc1ccc(-c2c(NC(=O)/C=C/[C@H]3CCCN3C)ccc3ncnc(Nc4ccccc4F)c23)cc1OC. The van der Waals surface area contributed by atoms with Crippen molar-refractivity contribution in [2.45, 2.75) is 18.9 Å². The number of nitrogens with one attached hydrogen (secondary N) is 2. The Morgan fingerprint density at radius 2 is 1.87 bits per heavy atom. The summed E-state index contributed by atoms with van der Waals surface area (Å²) in [7, 11) is 5.19. The van der Waals surface area contributed by atoms with Gasteiger partial charge in [0.05, 0.1) is 30.8 Å². The summed E-state index contributed by atoms with van der Waals surface area (Å²) < 4.78 is 25.6. The summed E-state index contributed by atoms with van der Waals surface area (Å²) in [5.41, 5.74) is 2.84. The van der Waals surface area contributed by atoms with Gasteiger partial charge in [-0.3, -0.25) is 9.69 Å². The number of halogens is 1. The summed E-state index contributed by atoms with van der Waals surface area (Å²) in [5, 5.41) is 6.76. The molecule has 8 nitrogen and oxygen atoms in total. The van der Waals surface area contributed by atoms with E-state index < -0.39 is 5.82 Å². The third kappa shape index (κ3) is 5.53. The fraction of sp³-hybridized carbons (Fsp3) is 0.233. The van der Waals surface area contributed by atoms with Crippen molar-refractivity contribution in [2.75, 3.05) is 38.4 Å². The average Bonchev–Trinajstić information content (AvgIpc) is 3.37.